The summed E-state index contributed by atoms with van der Waals surface area (Å²) in [5.41, 5.74) is 7.63. The fourth-order valence-corrected chi connectivity index (χ4v) is 1.69. The Kier molecular flexibility index (Phi) is 3.27. The average Bonchev–Trinajstić information content (AvgIpc) is 2.75. The number of rotatable bonds is 4. The van der Waals surface area contributed by atoms with E-state index in [1.54, 1.807) is 18.4 Å². The molecule has 3 nitrogen and oxygen atoms in total. The van der Waals surface area contributed by atoms with E-state index < -0.39 is 0 Å². The Morgan fingerprint density at radius 3 is 2.56 bits per heavy atom. The molecular formula is C13H15NO2. The first kappa shape index (κ1) is 10.8. The van der Waals surface area contributed by atoms with Crippen LogP contribution in [0.4, 0.5) is 0 Å². The predicted molar refractivity (Wildman–Crippen MR) is 63.2 cm³/mol. The number of phenols is 1. The third-order valence-corrected chi connectivity index (χ3v) is 2.53. The molecule has 1 aromatic carbocycles. The molecule has 2 rings (SSSR count). The van der Waals surface area contributed by atoms with Crippen LogP contribution in [-0.2, 0) is 6.42 Å². The third kappa shape index (κ3) is 2.25. The molecule has 0 unspecified atom stereocenters. The third-order valence-electron chi connectivity index (χ3n) is 2.53. The maximum atomic E-state index is 9.22. The molecule has 0 saturated carbocycles. The Morgan fingerprint density at radius 1 is 1.12 bits per heavy atom. The van der Waals surface area contributed by atoms with E-state index in [-0.39, 0.29) is 5.75 Å². The second kappa shape index (κ2) is 4.86. The maximum Gasteiger partial charge on any atom is 0.137 e. The summed E-state index contributed by atoms with van der Waals surface area (Å²) in [6.07, 6.45) is 3.56. The van der Waals surface area contributed by atoms with E-state index in [4.69, 9.17) is 10.2 Å². The van der Waals surface area contributed by atoms with Gasteiger partial charge in [-0.25, -0.2) is 0 Å². The van der Waals surface area contributed by atoms with Gasteiger partial charge in [0.2, 0.25) is 0 Å². The van der Waals surface area contributed by atoms with Crippen molar-refractivity contribution in [1.82, 2.24) is 0 Å². The first-order valence-corrected chi connectivity index (χ1v) is 5.37. The molecule has 0 amide bonds. The van der Waals surface area contributed by atoms with Gasteiger partial charge in [0.1, 0.15) is 11.5 Å². The molecule has 0 radical (unpaired) electrons. The van der Waals surface area contributed by atoms with E-state index in [1.165, 1.54) is 0 Å². The van der Waals surface area contributed by atoms with E-state index in [9.17, 15) is 5.11 Å². The van der Waals surface area contributed by atoms with Gasteiger partial charge < -0.3 is 15.3 Å². The van der Waals surface area contributed by atoms with Crippen LogP contribution in [0, 0.1) is 0 Å². The van der Waals surface area contributed by atoms with Crippen molar-refractivity contribution in [3.05, 3.63) is 42.2 Å². The summed E-state index contributed by atoms with van der Waals surface area (Å²) in [6, 6.07) is 8.98. The number of aromatic hydroxyl groups is 1. The molecule has 0 bridgehead atoms. The lowest BCUT2D eigenvalue weighted by molar-refractivity contribution is 0.475. The Balaban J connectivity index is 2.26. The number of benzene rings is 1. The van der Waals surface area contributed by atoms with Gasteiger partial charge in [-0.1, -0.05) is 0 Å². The SMILES string of the molecule is NCCCc1ccoc1-c1ccc(O)cc1. The fraction of sp³-hybridized carbons (Fsp3) is 0.231. The quantitative estimate of drug-likeness (QED) is 0.827. The van der Waals surface area contributed by atoms with Crippen molar-refractivity contribution in [2.45, 2.75) is 12.8 Å². The van der Waals surface area contributed by atoms with Crippen molar-refractivity contribution in [3.63, 3.8) is 0 Å². The highest BCUT2D eigenvalue weighted by Crippen LogP contribution is 2.27. The smallest absolute Gasteiger partial charge is 0.137 e. The van der Waals surface area contributed by atoms with Crippen molar-refractivity contribution in [1.29, 1.82) is 0 Å². The van der Waals surface area contributed by atoms with Gasteiger partial charge in [0.05, 0.1) is 6.26 Å². The molecule has 84 valence electrons. The number of hydrogen-bond acceptors (Lipinski definition) is 3. The van der Waals surface area contributed by atoms with Crippen LogP contribution in [0.5, 0.6) is 5.75 Å². The van der Waals surface area contributed by atoms with Crippen LogP contribution in [0.15, 0.2) is 41.0 Å². The second-order valence-electron chi connectivity index (χ2n) is 3.71. The lowest BCUT2D eigenvalue weighted by atomic mass is 10.1. The zero-order chi connectivity index (χ0) is 11.4. The van der Waals surface area contributed by atoms with E-state index in [0.717, 1.165) is 29.7 Å². The van der Waals surface area contributed by atoms with E-state index in [2.05, 4.69) is 0 Å². The lowest BCUT2D eigenvalue weighted by Gasteiger charge is -2.02. The zero-order valence-corrected chi connectivity index (χ0v) is 9.02. The van der Waals surface area contributed by atoms with Gasteiger partial charge in [-0.3, -0.25) is 0 Å². The number of hydrogen-bond donors (Lipinski definition) is 2. The highest BCUT2D eigenvalue weighted by molar-refractivity contribution is 5.62. The van der Waals surface area contributed by atoms with Crippen molar-refractivity contribution < 1.29 is 9.52 Å². The van der Waals surface area contributed by atoms with Gasteiger partial charge in [-0.05, 0) is 55.3 Å². The van der Waals surface area contributed by atoms with Crippen molar-refractivity contribution in [2.24, 2.45) is 5.73 Å². The van der Waals surface area contributed by atoms with Gasteiger partial charge in [0.25, 0.3) is 0 Å². The molecule has 0 spiro atoms. The molecule has 0 aliphatic carbocycles. The average molecular weight is 217 g/mol. The molecule has 0 fully saturated rings. The van der Waals surface area contributed by atoms with E-state index in [0.29, 0.717) is 6.54 Å². The fourth-order valence-electron chi connectivity index (χ4n) is 1.69. The number of phenolic OH excluding ortho intramolecular Hbond substituents is 1. The predicted octanol–water partition coefficient (Wildman–Crippen LogP) is 2.54. The Bertz CT molecular complexity index is 445. The topological polar surface area (TPSA) is 59.4 Å². The molecule has 2 aromatic rings. The van der Waals surface area contributed by atoms with Crippen LogP contribution in [0.25, 0.3) is 11.3 Å². The van der Waals surface area contributed by atoms with Crippen LogP contribution in [-0.4, -0.2) is 11.7 Å². The maximum absolute atomic E-state index is 9.22. The minimum absolute atomic E-state index is 0.263. The molecule has 0 aliphatic rings. The van der Waals surface area contributed by atoms with Gasteiger partial charge in [-0.15, -0.1) is 0 Å². The van der Waals surface area contributed by atoms with Crippen molar-refractivity contribution in [3.8, 4) is 17.1 Å². The minimum atomic E-state index is 0.263. The summed E-state index contributed by atoms with van der Waals surface area (Å²) in [4.78, 5) is 0. The summed E-state index contributed by atoms with van der Waals surface area (Å²) in [5, 5.41) is 9.22. The zero-order valence-electron chi connectivity index (χ0n) is 9.02. The number of aryl methyl sites for hydroxylation is 1. The van der Waals surface area contributed by atoms with Crippen LogP contribution in [0.3, 0.4) is 0 Å². The van der Waals surface area contributed by atoms with Crippen LogP contribution < -0.4 is 5.73 Å². The highest BCUT2D eigenvalue weighted by atomic mass is 16.3. The second-order valence-corrected chi connectivity index (χ2v) is 3.71. The van der Waals surface area contributed by atoms with Crippen molar-refractivity contribution >= 4 is 0 Å². The summed E-state index contributed by atoms with van der Waals surface area (Å²) in [7, 11) is 0. The molecular weight excluding hydrogens is 202 g/mol. The Hall–Kier alpha value is -1.74. The molecule has 0 aliphatic heterocycles. The normalized spacial score (nSPS) is 10.6. The molecule has 0 saturated heterocycles. The summed E-state index contributed by atoms with van der Waals surface area (Å²) in [5.74, 6) is 1.13. The largest absolute Gasteiger partial charge is 0.508 e. The van der Waals surface area contributed by atoms with Crippen LogP contribution in [0.2, 0.25) is 0 Å². The summed E-state index contributed by atoms with van der Waals surface area (Å²) >= 11 is 0. The first-order valence-electron chi connectivity index (χ1n) is 5.37. The summed E-state index contributed by atoms with van der Waals surface area (Å²) in [6.45, 7) is 0.681. The monoisotopic (exact) mass is 217 g/mol. The number of furan rings is 1. The van der Waals surface area contributed by atoms with Crippen molar-refractivity contribution in [2.75, 3.05) is 6.54 Å². The molecule has 0 atom stereocenters. The van der Waals surface area contributed by atoms with E-state index in [1.807, 2.05) is 18.2 Å². The Labute approximate surface area is 94.5 Å². The van der Waals surface area contributed by atoms with Crippen LogP contribution in [0.1, 0.15) is 12.0 Å². The number of nitrogens with two attached hydrogens (primary N) is 1. The lowest BCUT2D eigenvalue weighted by Crippen LogP contribution is -2.00. The Morgan fingerprint density at radius 2 is 1.88 bits per heavy atom. The molecule has 1 heterocycles. The molecule has 3 N–H and O–H groups in total. The summed E-state index contributed by atoms with van der Waals surface area (Å²) < 4.78 is 5.47. The first-order chi connectivity index (χ1) is 7.81. The standard InChI is InChI=1S/C13H15NO2/c14-8-1-2-10-7-9-16-13(10)11-3-5-12(15)6-4-11/h3-7,9,15H,1-2,8,14H2. The molecule has 16 heavy (non-hydrogen) atoms. The van der Waals surface area contributed by atoms with Gasteiger partial charge in [0, 0.05) is 5.56 Å². The van der Waals surface area contributed by atoms with Gasteiger partial charge in [0.15, 0.2) is 0 Å². The molecule has 3 heteroatoms. The molecule has 1 aromatic heterocycles. The van der Waals surface area contributed by atoms with Gasteiger partial charge in [-0.2, -0.15) is 0 Å². The highest BCUT2D eigenvalue weighted by Gasteiger charge is 2.08. The van der Waals surface area contributed by atoms with E-state index >= 15 is 0 Å². The van der Waals surface area contributed by atoms with Crippen LogP contribution >= 0.6 is 0 Å². The van der Waals surface area contributed by atoms with Gasteiger partial charge >= 0.3 is 0 Å². The minimum Gasteiger partial charge on any atom is -0.508 e.